The number of carboxylic acid groups (broad SMARTS) is 1. The Bertz CT molecular complexity index is 464. The van der Waals surface area contributed by atoms with Gasteiger partial charge < -0.3 is 10.2 Å². The Hall–Kier alpha value is -1.82. The Morgan fingerprint density at radius 1 is 1.33 bits per heavy atom. The van der Waals surface area contributed by atoms with Crippen LogP contribution in [0.3, 0.4) is 0 Å². The van der Waals surface area contributed by atoms with Gasteiger partial charge in [0.1, 0.15) is 0 Å². The van der Waals surface area contributed by atoms with E-state index in [-0.39, 0.29) is 18.6 Å². The van der Waals surface area contributed by atoms with Crippen molar-refractivity contribution < 1.29 is 28.2 Å². The van der Waals surface area contributed by atoms with E-state index in [1.807, 2.05) is 0 Å². The molecule has 0 aliphatic carbocycles. The van der Waals surface area contributed by atoms with E-state index >= 15 is 0 Å². The lowest BCUT2D eigenvalue weighted by atomic mass is 10.0. The van der Waals surface area contributed by atoms with Gasteiger partial charge in [-0.2, -0.15) is 13.2 Å². The molecule has 2 N–H and O–H groups in total. The summed E-state index contributed by atoms with van der Waals surface area (Å²) in [5, 5.41) is 17.2. The molecule has 0 aliphatic heterocycles. The van der Waals surface area contributed by atoms with Crippen molar-refractivity contribution >= 4 is 12.0 Å². The minimum Gasteiger partial charge on any atom is -0.478 e. The third-order valence-corrected chi connectivity index (χ3v) is 2.20. The van der Waals surface area contributed by atoms with Gasteiger partial charge in [-0.1, -0.05) is 18.2 Å². The molecule has 0 heterocycles. The average Bonchev–Trinajstić information content (AvgIpc) is 2.28. The van der Waals surface area contributed by atoms with Crippen LogP contribution in [0.2, 0.25) is 0 Å². The van der Waals surface area contributed by atoms with Gasteiger partial charge in [0.2, 0.25) is 0 Å². The lowest BCUT2D eigenvalue weighted by Crippen LogP contribution is -2.09. The van der Waals surface area contributed by atoms with Crippen molar-refractivity contribution in [3.8, 4) is 0 Å². The Balaban J connectivity index is 3.21. The number of halogens is 3. The second-order valence-corrected chi connectivity index (χ2v) is 3.52. The van der Waals surface area contributed by atoms with E-state index in [9.17, 15) is 18.0 Å². The van der Waals surface area contributed by atoms with Gasteiger partial charge in [0.05, 0.1) is 11.1 Å². The molecule has 1 rings (SSSR count). The molecule has 0 aromatic heterocycles. The lowest BCUT2D eigenvalue weighted by molar-refractivity contribution is -0.137. The molecule has 0 atom stereocenters. The molecule has 6 heteroatoms. The topological polar surface area (TPSA) is 57.5 Å². The van der Waals surface area contributed by atoms with E-state index in [0.717, 1.165) is 12.1 Å². The van der Waals surface area contributed by atoms with Gasteiger partial charge in [-0.15, -0.1) is 0 Å². The molecule has 3 nitrogen and oxygen atoms in total. The van der Waals surface area contributed by atoms with E-state index < -0.39 is 23.3 Å². The molecule has 1 aromatic carbocycles. The minimum atomic E-state index is -4.62. The predicted octanol–water partition coefficient (Wildman–Crippen LogP) is 2.80. The number of aromatic carboxylic acids is 1. The summed E-state index contributed by atoms with van der Waals surface area (Å²) in [4.78, 5) is 10.6. The third kappa shape index (κ3) is 3.59. The average molecular weight is 260 g/mol. The fraction of sp³-hybridized carbons (Fsp3) is 0.250. The summed E-state index contributed by atoms with van der Waals surface area (Å²) < 4.78 is 38.2. The molecular formula is C12H11F3O3. The molecule has 0 radical (unpaired) electrons. The van der Waals surface area contributed by atoms with Crippen molar-refractivity contribution in [2.24, 2.45) is 0 Å². The summed E-state index contributed by atoms with van der Waals surface area (Å²) >= 11 is 0. The van der Waals surface area contributed by atoms with Gasteiger partial charge in [-0.05, 0) is 24.1 Å². The maximum atomic E-state index is 12.7. The van der Waals surface area contributed by atoms with Crippen LogP contribution in [0, 0.1) is 0 Å². The van der Waals surface area contributed by atoms with Gasteiger partial charge in [-0.25, -0.2) is 4.79 Å². The second-order valence-electron chi connectivity index (χ2n) is 3.52. The van der Waals surface area contributed by atoms with Gasteiger partial charge >= 0.3 is 12.1 Å². The van der Waals surface area contributed by atoms with Crippen LogP contribution < -0.4 is 0 Å². The normalized spacial score (nSPS) is 12.0. The highest BCUT2D eigenvalue weighted by Gasteiger charge is 2.33. The molecule has 0 fully saturated rings. The summed E-state index contributed by atoms with van der Waals surface area (Å²) in [6.07, 6.45) is -1.78. The lowest BCUT2D eigenvalue weighted by Gasteiger charge is -2.11. The first kappa shape index (κ1) is 14.2. The monoisotopic (exact) mass is 260 g/mol. The maximum Gasteiger partial charge on any atom is 0.417 e. The van der Waals surface area contributed by atoms with E-state index in [1.165, 1.54) is 12.2 Å². The first-order valence-electron chi connectivity index (χ1n) is 5.08. The van der Waals surface area contributed by atoms with E-state index in [2.05, 4.69) is 0 Å². The molecule has 0 saturated heterocycles. The Morgan fingerprint density at radius 3 is 2.50 bits per heavy atom. The smallest absolute Gasteiger partial charge is 0.417 e. The molecule has 0 spiro atoms. The van der Waals surface area contributed by atoms with Crippen LogP contribution in [0.5, 0.6) is 0 Å². The van der Waals surface area contributed by atoms with Crippen molar-refractivity contribution in [3.05, 3.63) is 41.0 Å². The number of aliphatic hydroxyl groups is 1. The molecule has 0 amide bonds. The fourth-order valence-corrected chi connectivity index (χ4v) is 1.36. The number of benzene rings is 1. The zero-order valence-electron chi connectivity index (χ0n) is 9.24. The van der Waals surface area contributed by atoms with Crippen molar-refractivity contribution in [1.29, 1.82) is 0 Å². The highest BCUT2D eigenvalue weighted by Crippen LogP contribution is 2.33. The van der Waals surface area contributed by atoms with Crippen LogP contribution >= 0.6 is 0 Å². The number of rotatable bonds is 4. The standard InChI is InChI=1S/C12H11F3O3/c13-12(14,15)10-7-9(11(17)18)5-4-8(10)3-1-2-6-16/h1,3-5,7,16H,2,6H2,(H,17,18). The maximum absolute atomic E-state index is 12.7. The van der Waals surface area contributed by atoms with E-state index in [4.69, 9.17) is 10.2 Å². The molecule has 0 aliphatic rings. The highest BCUT2D eigenvalue weighted by atomic mass is 19.4. The quantitative estimate of drug-likeness (QED) is 0.875. The van der Waals surface area contributed by atoms with Gasteiger partial charge in [-0.3, -0.25) is 0 Å². The largest absolute Gasteiger partial charge is 0.478 e. The molecule has 0 unspecified atom stereocenters. The predicted molar refractivity (Wildman–Crippen MR) is 59.1 cm³/mol. The fourth-order valence-electron chi connectivity index (χ4n) is 1.36. The zero-order chi connectivity index (χ0) is 13.8. The second kappa shape index (κ2) is 5.68. The van der Waals surface area contributed by atoms with Crippen LogP contribution in [0.1, 0.15) is 27.9 Å². The van der Waals surface area contributed by atoms with Crippen LogP contribution in [0.4, 0.5) is 13.2 Å². The van der Waals surface area contributed by atoms with E-state index in [1.54, 1.807) is 0 Å². The third-order valence-electron chi connectivity index (χ3n) is 2.20. The van der Waals surface area contributed by atoms with E-state index in [0.29, 0.717) is 6.07 Å². The number of carboxylic acids is 1. The molecule has 1 aromatic rings. The first-order valence-corrected chi connectivity index (χ1v) is 5.08. The van der Waals surface area contributed by atoms with Crippen LogP contribution in [0.15, 0.2) is 24.3 Å². The van der Waals surface area contributed by atoms with Gasteiger partial charge in [0, 0.05) is 6.61 Å². The van der Waals surface area contributed by atoms with Crippen molar-refractivity contribution in [2.75, 3.05) is 6.61 Å². The van der Waals surface area contributed by atoms with Crippen molar-refractivity contribution in [2.45, 2.75) is 12.6 Å². The first-order chi connectivity index (χ1) is 8.36. The van der Waals surface area contributed by atoms with Crippen LogP contribution in [0.25, 0.3) is 6.08 Å². The summed E-state index contributed by atoms with van der Waals surface area (Å²) in [6, 6.07) is 2.80. The highest BCUT2D eigenvalue weighted by molar-refractivity contribution is 5.88. The molecule has 18 heavy (non-hydrogen) atoms. The van der Waals surface area contributed by atoms with Crippen molar-refractivity contribution in [3.63, 3.8) is 0 Å². The zero-order valence-corrected chi connectivity index (χ0v) is 9.24. The van der Waals surface area contributed by atoms with Crippen molar-refractivity contribution in [1.82, 2.24) is 0 Å². The summed E-state index contributed by atoms with van der Waals surface area (Å²) in [7, 11) is 0. The molecule has 0 bridgehead atoms. The Kier molecular flexibility index (Phi) is 4.49. The molecule has 98 valence electrons. The number of hydrogen-bond acceptors (Lipinski definition) is 2. The Labute approximate surface area is 101 Å². The molecule has 0 saturated carbocycles. The number of hydrogen-bond donors (Lipinski definition) is 2. The van der Waals surface area contributed by atoms with Gasteiger partial charge in [0.25, 0.3) is 0 Å². The van der Waals surface area contributed by atoms with Crippen LogP contribution in [-0.4, -0.2) is 22.8 Å². The Morgan fingerprint density at radius 2 is 2.00 bits per heavy atom. The summed E-state index contributed by atoms with van der Waals surface area (Å²) in [5.74, 6) is -1.41. The number of alkyl halides is 3. The molecular weight excluding hydrogens is 249 g/mol. The van der Waals surface area contributed by atoms with Crippen LogP contribution in [-0.2, 0) is 6.18 Å². The number of carbonyl (C=O) groups is 1. The number of aliphatic hydroxyl groups excluding tert-OH is 1. The minimum absolute atomic E-state index is 0.124. The summed E-state index contributed by atoms with van der Waals surface area (Å²) in [6.45, 7) is -0.162. The summed E-state index contributed by atoms with van der Waals surface area (Å²) in [5.41, 5.74) is -1.54. The van der Waals surface area contributed by atoms with Gasteiger partial charge in [0.15, 0.2) is 0 Å². The SMILES string of the molecule is O=C(O)c1ccc(C=CCCO)c(C(F)(F)F)c1.